The van der Waals surface area contributed by atoms with Crippen molar-refractivity contribution >= 4 is 17.4 Å². The summed E-state index contributed by atoms with van der Waals surface area (Å²) >= 11 is 6.25. The van der Waals surface area contributed by atoms with E-state index >= 15 is 0 Å². The molecule has 0 spiro atoms. The number of nitrogens with two attached hydrogens (primary N) is 1. The highest BCUT2D eigenvalue weighted by Crippen LogP contribution is 2.23. The van der Waals surface area contributed by atoms with Gasteiger partial charge in [-0.25, -0.2) is 0 Å². The molecule has 1 atom stereocenters. The number of ketones is 1. The summed E-state index contributed by atoms with van der Waals surface area (Å²) in [4.78, 5) is 12.2. The Morgan fingerprint density at radius 1 is 1.33 bits per heavy atom. The molecule has 120 valence electrons. The van der Waals surface area contributed by atoms with Crippen LogP contribution in [0.5, 0.6) is 0 Å². The molecule has 0 radical (unpaired) electrons. The number of rotatable bonds is 10. The van der Waals surface area contributed by atoms with Crippen molar-refractivity contribution in [2.24, 2.45) is 11.7 Å². The van der Waals surface area contributed by atoms with E-state index in [9.17, 15) is 4.79 Å². The van der Waals surface area contributed by atoms with Crippen molar-refractivity contribution < 1.29 is 4.79 Å². The first-order valence-electron chi connectivity index (χ1n) is 7.96. The van der Waals surface area contributed by atoms with Crippen molar-refractivity contribution in [1.29, 1.82) is 0 Å². The van der Waals surface area contributed by atoms with Crippen LogP contribution in [0.1, 0.15) is 57.3 Å². The second-order valence-electron chi connectivity index (χ2n) is 5.65. The van der Waals surface area contributed by atoms with E-state index in [4.69, 9.17) is 17.3 Å². The number of carbonyl (C=O) groups is 1. The number of nitrogens with zero attached hydrogens (tertiary/aromatic N) is 2. The molecule has 0 saturated carbocycles. The van der Waals surface area contributed by atoms with Crippen LogP contribution >= 0.6 is 11.6 Å². The summed E-state index contributed by atoms with van der Waals surface area (Å²) in [6, 6.07) is 0. The normalized spacial score (nSPS) is 12.6. The van der Waals surface area contributed by atoms with E-state index in [1.54, 1.807) is 0 Å². The van der Waals surface area contributed by atoms with Gasteiger partial charge in [0.25, 0.3) is 0 Å². The SMILES string of the molecule is CCCC(CCN)CCC(=O)Cc1c(Cl)c(C)nn1CC. The number of aromatic nitrogens is 2. The van der Waals surface area contributed by atoms with Gasteiger partial charge in [0.05, 0.1) is 16.4 Å². The molecule has 0 amide bonds. The summed E-state index contributed by atoms with van der Waals surface area (Å²) in [7, 11) is 0. The standard InChI is InChI=1S/C16H28ClN3O/c1-4-6-13(9-10-18)7-8-14(21)11-15-16(17)12(3)19-20(15)5-2/h13H,4-11,18H2,1-3H3. The lowest BCUT2D eigenvalue weighted by atomic mass is 9.93. The van der Waals surface area contributed by atoms with Gasteiger partial charge in [0.15, 0.2) is 0 Å². The molecule has 21 heavy (non-hydrogen) atoms. The van der Waals surface area contributed by atoms with Crippen LogP contribution in [-0.2, 0) is 17.8 Å². The zero-order valence-electron chi connectivity index (χ0n) is 13.5. The predicted molar refractivity (Wildman–Crippen MR) is 87.7 cm³/mol. The predicted octanol–water partition coefficient (Wildman–Crippen LogP) is 3.52. The summed E-state index contributed by atoms with van der Waals surface area (Å²) in [5.74, 6) is 0.807. The van der Waals surface area contributed by atoms with Gasteiger partial charge in [-0.15, -0.1) is 0 Å². The minimum atomic E-state index is 0.240. The van der Waals surface area contributed by atoms with E-state index in [0.717, 1.165) is 43.6 Å². The number of hydrogen-bond donors (Lipinski definition) is 1. The van der Waals surface area contributed by atoms with Crippen LogP contribution in [0.15, 0.2) is 0 Å². The molecule has 1 aromatic rings. The molecule has 1 heterocycles. The maximum absolute atomic E-state index is 12.2. The van der Waals surface area contributed by atoms with Crippen LogP contribution in [0.25, 0.3) is 0 Å². The van der Waals surface area contributed by atoms with E-state index in [2.05, 4.69) is 12.0 Å². The minimum Gasteiger partial charge on any atom is -0.330 e. The first kappa shape index (κ1) is 18.2. The summed E-state index contributed by atoms with van der Waals surface area (Å²) in [5.41, 5.74) is 7.29. The number of hydrogen-bond acceptors (Lipinski definition) is 3. The first-order chi connectivity index (χ1) is 10.0. The molecule has 1 aromatic heterocycles. The third kappa shape index (κ3) is 5.44. The monoisotopic (exact) mass is 313 g/mol. The largest absolute Gasteiger partial charge is 0.330 e. The third-order valence-electron chi connectivity index (χ3n) is 3.92. The molecule has 0 aliphatic rings. The molecule has 0 aliphatic carbocycles. The molecule has 1 rings (SSSR count). The molecule has 0 aromatic carbocycles. The van der Waals surface area contributed by atoms with Crippen molar-refractivity contribution in [1.82, 2.24) is 9.78 Å². The fourth-order valence-electron chi connectivity index (χ4n) is 2.76. The van der Waals surface area contributed by atoms with Crippen LogP contribution in [0, 0.1) is 12.8 Å². The van der Waals surface area contributed by atoms with E-state index in [1.807, 2.05) is 18.5 Å². The number of Topliss-reactive ketones (excluding diaryl/α,β-unsaturated/α-hetero) is 1. The van der Waals surface area contributed by atoms with Gasteiger partial charge in [-0.05, 0) is 39.2 Å². The van der Waals surface area contributed by atoms with E-state index < -0.39 is 0 Å². The zero-order chi connectivity index (χ0) is 15.8. The molecule has 2 N–H and O–H groups in total. The summed E-state index contributed by atoms with van der Waals surface area (Å²) in [6.07, 6.45) is 5.22. The Morgan fingerprint density at radius 3 is 2.62 bits per heavy atom. The third-order valence-corrected chi connectivity index (χ3v) is 4.41. The summed E-state index contributed by atoms with van der Waals surface area (Å²) in [5, 5.41) is 4.99. The van der Waals surface area contributed by atoms with Gasteiger partial charge in [-0.1, -0.05) is 31.4 Å². The smallest absolute Gasteiger partial charge is 0.138 e. The second-order valence-corrected chi connectivity index (χ2v) is 6.03. The van der Waals surface area contributed by atoms with Crippen LogP contribution < -0.4 is 5.73 Å². The Kier molecular flexibility index (Phi) is 7.97. The van der Waals surface area contributed by atoms with Crippen molar-refractivity contribution in [2.45, 2.75) is 65.8 Å². The Morgan fingerprint density at radius 2 is 2.05 bits per heavy atom. The molecule has 5 heteroatoms. The van der Waals surface area contributed by atoms with Crippen molar-refractivity contribution in [2.75, 3.05) is 6.54 Å². The Labute approximate surface area is 133 Å². The highest BCUT2D eigenvalue weighted by Gasteiger charge is 2.17. The van der Waals surface area contributed by atoms with Gasteiger partial charge >= 0.3 is 0 Å². The molecular weight excluding hydrogens is 286 g/mol. The molecule has 0 fully saturated rings. The first-order valence-corrected chi connectivity index (χ1v) is 8.34. The van der Waals surface area contributed by atoms with Crippen LogP contribution in [-0.4, -0.2) is 22.1 Å². The van der Waals surface area contributed by atoms with Crippen molar-refractivity contribution in [3.63, 3.8) is 0 Å². The maximum Gasteiger partial charge on any atom is 0.138 e. The van der Waals surface area contributed by atoms with Gasteiger partial charge < -0.3 is 5.73 Å². The lowest BCUT2D eigenvalue weighted by molar-refractivity contribution is -0.118. The zero-order valence-corrected chi connectivity index (χ0v) is 14.2. The van der Waals surface area contributed by atoms with E-state index in [-0.39, 0.29) is 5.78 Å². The second kappa shape index (κ2) is 9.21. The minimum absolute atomic E-state index is 0.240. The topological polar surface area (TPSA) is 60.9 Å². The highest BCUT2D eigenvalue weighted by molar-refractivity contribution is 6.32. The van der Waals surface area contributed by atoms with E-state index in [0.29, 0.717) is 30.3 Å². The number of carbonyl (C=O) groups excluding carboxylic acids is 1. The van der Waals surface area contributed by atoms with Gasteiger partial charge in [-0.2, -0.15) is 5.10 Å². The van der Waals surface area contributed by atoms with Gasteiger partial charge in [-0.3, -0.25) is 9.48 Å². The maximum atomic E-state index is 12.2. The lowest BCUT2D eigenvalue weighted by Gasteiger charge is -2.14. The van der Waals surface area contributed by atoms with Crippen LogP contribution in [0.2, 0.25) is 5.02 Å². The molecule has 4 nitrogen and oxygen atoms in total. The van der Waals surface area contributed by atoms with Crippen molar-refractivity contribution in [3.8, 4) is 0 Å². The quantitative estimate of drug-likeness (QED) is 0.719. The van der Waals surface area contributed by atoms with Crippen LogP contribution in [0.4, 0.5) is 0 Å². The Hall–Kier alpha value is -0.870. The summed E-state index contributed by atoms with van der Waals surface area (Å²) in [6.45, 7) is 7.50. The van der Waals surface area contributed by atoms with E-state index in [1.165, 1.54) is 0 Å². The Bertz CT molecular complexity index is 451. The Balaban J connectivity index is 2.57. The lowest BCUT2D eigenvalue weighted by Crippen LogP contribution is -2.13. The molecule has 0 saturated heterocycles. The van der Waals surface area contributed by atoms with Gasteiger partial charge in [0.2, 0.25) is 0 Å². The molecule has 1 unspecified atom stereocenters. The molecule has 0 aliphatic heterocycles. The van der Waals surface area contributed by atoms with Crippen LogP contribution in [0.3, 0.4) is 0 Å². The summed E-state index contributed by atoms with van der Waals surface area (Å²) < 4.78 is 1.83. The number of aryl methyl sites for hydroxylation is 2. The van der Waals surface area contributed by atoms with Gasteiger partial charge in [0, 0.05) is 19.4 Å². The average Bonchev–Trinajstić information content (AvgIpc) is 2.73. The highest BCUT2D eigenvalue weighted by atomic mass is 35.5. The van der Waals surface area contributed by atoms with Crippen molar-refractivity contribution in [3.05, 3.63) is 16.4 Å². The molecular formula is C16H28ClN3O. The average molecular weight is 314 g/mol. The fraction of sp³-hybridized carbons (Fsp3) is 0.750. The molecule has 0 bridgehead atoms. The van der Waals surface area contributed by atoms with Gasteiger partial charge in [0.1, 0.15) is 5.78 Å². The fourth-order valence-corrected chi connectivity index (χ4v) is 2.96. The number of halogens is 1.